The van der Waals surface area contributed by atoms with Gasteiger partial charge in [-0.15, -0.1) is 0 Å². The third-order valence-corrected chi connectivity index (χ3v) is 4.10. The van der Waals surface area contributed by atoms with Crippen molar-refractivity contribution in [2.75, 3.05) is 7.11 Å². The van der Waals surface area contributed by atoms with Crippen molar-refractivity contribution < 1.29 is 44.6 Å². The van der Waals surface area contributed by atoms with E-state index in [-0.39, 0.29) is 11.5 Å². The van der Waals surface area contributed by atoms with E-state index in [2.05, 4.69) is 0 Å². The first-order chi connectivity index (χ1) is 12.2. The van der Waals surface area contributed by atoms with Crippen molar-refractivity contribution in [1.82, 2.24) is 0 Å². The Kier molecular flexibility index (Phi) is 5.86. The van der Waals surface area contributed by atoms with Crippen LogP contribution in [0.1, 0.15) is 18.4 Å². The summed E-state index contributed by atoms with van der Waals surface area (Å²) in [4.78, 5) is 22.8. The highest BCUT2D eigenvalue weighted by Crippen LogP contribution is 2.31. The molecular formula is C17H19O9-. The van der Waals surface area contributed by atoms with Gasteiger partial charge in [0.15, 0.2) is 17.6 Å². The van der Waals surface area contributed by atoms with Gasteiger partial charge < -0.3 is 39.8 Å². The fourth-order valence-corrected chi connectivity index (χ4v) is 2.72. The highest BCUT2D eigenvalue weighted by Gasteiger charge is 2.46. The van der Waals surface area contributed by atoms with Crippen LogP contribution >= 0.6 is 0 Å². The number of carbonyl (C=O) groups excluding carboxylic acids is 2. The molecule has 0 amide bonds. The Labute approximate surface area is 148 Å². The number of ether oxygens (including phenoxy) is 2. The smallest absolute Gasteiger partial charge is 0.331 e. The first kappa shape index (κ1) is 19.7. The van der Waals surface area contributed by atoms with Crippen LogP contribution in [-0.2, 0) is 14.3 Å². The molecule has 0 aliphatic heterocycles. The van der Waals surface area contributed by atoms with Crippen molar-refractivity contribution >= 4 is 18.0 Å². The quantitative estimate of drug-likeness (QED) is 0.352. The molecule has 142 valence electrons. The monoisotopic (exact) mass is 367 g/mol. The number of hydrogen-bond donors (Lipinski definition) is 4. The molecular weight excluding hydrogens is 348 g/mol. The van der Waals surface area contributed by atoms with Gasteiger partial charge in [-0.1, -0.05) is 6.07 Å². The van der Waals surface area contributed by atoms with Crippen LogP contribution in [0.4, 0.5) is 0 Å². The van der Waals surface area contributed by atoms with Crippen LogP contribution in [0.25, 0.3) is 6.08 Å². The highest BCUT2D eigenvalue weighted by molar-refractivity contribution is 5.87. The number of aliphatic hydroxyl groups is 3. The molecule has 9 nitrogen and oxygen atoms in total. The zero-order chi connectivity index (χ0) is 19.5. The Morgan fingerprint density at radius 2 is 1.88 bits per heavy atom. The van der Waals surface area contributed by atoms with Gasteiger partial charge in [-0.2, -0.15) is 0 Å². The summed E-state index contributed by atoms with van der Waals surface area (Å²) >= 11 is 0. The summed E-state index contributed by atoms with van der Waals surface area (Å²) < 4.78 is 9.90. The molecule has 4 atom stereocenters. The number of aliphatic carboxylic acids is 1. The van der Waals surface area contributed by atoms with Crippen molar-refractivity contribution in [3.63, 3.8) is 0 Å². The zero-order valence-corrected chi connectivity index (χ0v) is 13.9. The number of benzene rings is 1. The summed E-state index contributed by atoms with van der Waals surface area (Å²) in [7, 11) is 1.37. The number of carboxylic acids is 1. The standard InChI is InChI=1S/C17H20O9/c1-25-13-6-9(2-4-10(13)18)3-5-14(21)26-15-11(19)7-17(24,16(22)23)8-12(15)20/h2-6,11-12,15,18-20,24H,7-8H2,1H3,(H,22,23)/p-1/b5-3+/t11-,12?,15?,17?/m1/s1. The average Bonchev–Trinajstić information content (AvgIpc) is 2.57. The molecule has 4 N–H and O–H groups in total. The van der Waals surface area contributed by atoms with Gasteiger partial charge in [0, 0.05) is 18.9 Å². The zero-order valence-electron chi connectivity index (χ0n) is 13.9. The Bertz CT molecular complexity index is 700. The molecule has 1 aliphatic carbocycles. The lowest BCUT2D eigenvalue weighted by Crippen LogP contribution is -2.60. The number of methoxy groups -OCH3 is 1. The number of rotatable bonds is 5. The van der Waals surface area contributed by atoms with Crippen LogP contribution < -0.4 is 9.84 Å². The summed E-state index contributed by atoms with van der Waals surface area (Å²) in [5, 5.41) is 50.0. The van der Waals surface area contributed by atoms with Crippen molar-refractivity contribution in [2.24, 2.45) is 0 Å². The van der Waals surface area contributed by atoms with Gasteiger partial charge in [-0.25, -0.2) is 4.79 Å². The van der Waals surface area contributed by atoms with E-state index in [4.69, 9.17) is 9.47 Å². The summed E-state index contributed by atoms with van der Waals surface area (Å²) in [6.07, 6.45) is -3.41. The van der Waals surface area contributed by atoms with Gasteiger partial charge in [-0.3, -0.25) is 0 Å². The Hall–Kier alpha value is -2.62. The number of hydrogen-bond acceptors (Lipinski definition) is 9. The normalized spacial score (nSPS) is 28.7. The maximum absolute atomic E-state index is 11.9. The van der Waals surface area contributed by atoms with Gasteiger partial charge in [0.1, 0.15) is 5.60 Å². The molecule has 0 heterocycles. The van der Waals surface area contributed by atoms with E-state index in [1.165, 1.54) is 31.4 Å². The fraction of sp³-hybridized carbons (Fsp3) is 0.412. The lowest BCUT2D eigenvalue weighted by molar-refractivity contribution is -0.331. The number of carboxylic acid groups (broad SMARTS) is 1. The first-order valence-corrected chi connectivity index (χ1v) is 7.72. The maximum atomic E-state index is 11.9. The summed E-state index contributed by atoms with van der Waals surface area (Å²) in [6, 6.07) is 4.37. The van der Waals surface area contributed by atoms with Crippen molar-refractivity contribution in [1.29, 1.82) is 0 Å². The molecule has 0 bridgehead atoms. The Morgan fingerprint density at radius 1 is 1.27 bits per heavy atom. The van der Waals surface area contributed by atoms with Gasteiger partial charge >= 0.3 is 5.97 Å². The van der Waals surface area contributed by atoms with E-state index < -0.39 is 48.7 Å². The first-order valence-electron chi connectivity index (χ1n) is 7.72. The lowest BCUT2D eigenvalue weighted by atomic mass is 9.79. The van der Waals surface area contributed by atoms with E-state index in [1.54, 1.807) is 0 Å². The predicted octanol–water partition coefficient (Wildman–Crippen LogP) is -1.68. The third kappa shape index (κ3) is 4.31. The SMILES string of the molecule is COc1cc(/C=C/C(=O)OC2C(O)CC(O)(C(=O)[O-])C[C@H]2O)ccc1O. The molecule has 0 spiro atoms. The van der Waals surface area contributed by atoms with Crippen LogP contribution in [-0.4, -0.2) is 63.4 Å². The molecule has 1 fully saturated rings. The molecule has 26 heavy (non-hydrogen) atoms. The molecule has 2 rings (SSSR count). The summed E-state index contributed by atoms with van der Waals surface area (Å²) in [6.45, 7) is 0. The van der Waals surface area contributed by atoms with E-state index in [0.29, 0.717) is 5.56 Å². The lowest BCUT2D eigenvalue weighted by Gasteiger charge is -2.41. The second-order valence-electron chi connectivity index (χ2n) is 6.03. The second-order valence-corrected chi connectivity index (χ2v) is 6.03. The molecule has 3 unspecified atom stereocenters. The highest BCUT2D eigenvalue weighted by atomic mass is 16.6. The van der Waals surface area contributed by atoms with Crippen molar-refractivity contribution in [3.8, 4) is 11.5 Å². The summed E-state index contributed by atoms with van der Waals surface area (Å²) in [5.41, 5.74) is -1.87. The molecule has 0 aromatic heterocycles. The van der Waals surface area contributed by atoms with E-state index in [1.807, 2.05) is 0 Å². The minimum absolute atomic E-state index is 0.0684. The Morgan fingerprint density at radius 3 is 2.42 bits per heavy atom. The van der Waals surface area contributed by atoms with Crippen LogP contribution in [0, 0.1) is 0 Å². The summed E-state index contributed by atoms with van der Waals surface area (Å²) in [5.74, 6) is -2.57. The van der Waals surface area contributed by atoms with Gasteiger partial charge in [0.25, 0.3) is 0 Å². The number of aliphatic hydroxyl groups excluding tert-OH is 2. The van der Waals surface area contributed by atoms with Gasteiger partial charge in [-0.05, 0) is 23.8 Å². The van der Waals surface area contributed by atoms with Crippen molar-refractivity contribution in [2.45, 2.75) is 36.8 Å². The number of phenols is 1. The third-order valence-electron chi connectivity index (χ3n) is 4.10. The van der Waals surface area contributed by atoms with Crippen molar-refractivity contribution in [3.05, 3.63) is 29.8 Å². The van der Waals surface area contributed by atoms with Crippen LogP contribution in [0.15, 0.2) is 24.3 Å². The second kappa shape index (κ2) is 7.73. The van der Waals surface area contributed by atoms with Gasteiger partial charge in [0.05, 0.1) is 25.3 Å². The number of carbonyl (C=O) groups is 2. The average molecular weight is 367 g/mol. The molecule has 1 aromatic carbocycles. The Balaban J connectivity index is 2.02. The maximum Gasteiger partial charge on any atom is 0.331 e. The largest absolute Gasteiger partial charge is 0.547 e. The topological polar surface area (TPSA) is 157 Å². The number of phenolic OH excluding ortho intramolecular Hbond substituents is 1. The van der Waals surface area contributed by atoms with Crippen LogP contribution in [0.2, 0.25) is 0 Å². The number of aromatic hydroxyl groups is 1. The molecule has 0 saturated heterocycles. The van der Waals surface area contributed by atoms with E-state index in [9.17, 15) is 35.1 Å². The van der Waals surface area contributed by atoms with Crippen LogP contribution in [0.3, 0.4) is 0 Å². The molecule has 1 aliphatic rings. The molecule has 1 saturated carbocycles. The van der Waals surface area contributed by atoms with E-state index in [0.717, 1.165) is 6.08 Å². The number of esters is 1. The predicted molar refractivity (Wildman–Crippen MR) is 84.8 cm³/mol. The van der Waals surface area contributed by atoms with Gasteiger partial charge in [0.2, 0.25) is 0 Å². The van der Waals surface area contributed by atoms with E-state index >= 15 is 0 Å². The fourth-order valence-electron chi connectivity index (χ4n) is 2.72. The molecule has 9 heteroatoms. The minimum atomic E-state index is -2.39. The molecule has 1 aromatic rings. The minimum Gasteiger partial charge on any atom is -0.547 e. The van der Waals surface area contributed by atoms with Crippen LogP contribution in [0.5, 0.6) is 11.5 Å². The molecule has 0 radical (unpaired) electrons.